The van der Waals surface area contributed by atoms with Crippen molar-refractivity contribution in [1.29, 1.82) is 0 Å². The zero-order valence-electron chi connectivity index (χ0n) is 16.9. The lowest BCUT2D eigenvalue weighted by Gasteiger charge is -2.28. The molecule has 0 N–H and O–H groups in total. The molecule has 1 aliphatic rings. The second-order valence-electron chi connectivity index (χ2n) is 7.64. The molecule has 0 heterocycles. The van der Waals surface area contributed by atoms with Crippen LogP contribution in [0.15, 0.2) is 69.9 Å². The number of benzene rings is 2. The Kier molecular flexibility index (Phi) is 6.71. The van der Waals surface area contributed by atoms with Gasteiger partial charge in [-0.2, -0.15) is 0 Å². The number of hydrogen-bond acceptors (Lipinski definition) is 3. The topological polar surface area (TPSA) is 115 Å². The third-order valence-electron chi connectivity index (χ3n) is 5.28. The van der Waals surface area contributed by atoms with Crippen LogP contribution in [0.1, 0.15) is 37.8 Å². The quantitative estimate of drug-likeness (QED) is 0.218. The van der Waals surface area contributed by atoms with E-state index in [1.165, 1.54) is 0 Å². The standard InChI is InChI=1S/C23H22N6O/c1-15(2)18-13-19(11-16-3-7-21(8-4-16)26-28-24)23(30)20(14-18)12-17-5-9-22(10-6-17)27-29-25/h3-12,15,18H,13-14H2,1-2H3/b19-11+,20-12+. The molecule has 3 rings (SSSR count). The predicted molar refractivity (Wildman–Crippen MR) is 119 cm³/mol. The number of carbonyl (C=O) groups is 1. The fraction of sp³-hybridized carbons (Fsp3) is 0.261. The maximum Gasteiger partial charge on any atom is 0.185 e. The van der Waals surface area contributed by atoms with Crippen molar-refractivity contribution in [2.75, 3.05) is 0 Å². The van der Waals surface area contributed by atoms with Crippen LogP contribution in [-0.4, -0.2) is 5.78 Å². The molecule has 0 aromatic heterocycles. The highest BCUT2D eigenvalue weighted by Gasteiger charge is 2.29. The Hall–Kier alpha value is -3.79. The van der Waals surface area contributed by atoms with Crippen LogP contribution in [0.4, 0.5) is 11.4 Å². The molecule has 0 radical (unpaired) electrons. The Morgan fingerprint density at radius 2 is 1.23 bits per heavy atom. The van der Waals surface area contributed by atoms with Crippen LogP contribution >= 0.6 is 0 Å². The fourth-order valence-corrected chi connectivity index (χ4v) is 3.53. The molecule has 0 aliphatic heterocycles. The molecule has 150 valence electrons. The molecular formula is C23H22N6O. The normalized spacial score (nSPS) is 18.9. The van der Waals surface area contributed by atoms with Gasteiger partial charge in [0.05, 0.1) is 0 Å². The Balaban J connectivity index is 1.93. The van der Waals surface area contributed by atoms with Gasteiger partial charge in [-0.05, 0) is 59.0 Å². The van der Waals surface area contributed by atoms with E-state index >= 15 is 0 Å². The molecule has 7 heteroatoms. The molecule has 0 bridgehead atoms. The molecule has 0 unspecified atom stereocenters. The average Bonchev–Trinajstić information content (AvgIpc) is 2.74. The molecule has 0 spiro atoms. The summed E-state index contributed by atoms with van der Waals surface area (Å²) in [7, 11) is 0. The summed E-state index contributed by atoms with van der Waals surface area (Å²) in [5, 5.41) is 7.16. The lowest BCUT2D eigenvalue weighted by molar-refractivity contribution is -0.113. The Morgan fingerprint density at radius 3 is 1.57 bits per heavy atom. The minimum absolute atomic E-state index is 0.0603. The van der Waals surface area contributed by atoms with Gasteiger partial charge in [-0.15, -0.1) is 0 Å². The molecule has 7 nitrogen and oxygen atoms in total. The predicted octanol–water partition coefficient (Wildman–Crippen LogP) is 7.67. The second-order valence-corrected chi connectivity index (χ2v) is 7.64. The van der Waals surface area contributed by atoms with E-state index in [1.54, 1.807) is 24.3 Å². The summed E-state index contributed by atoms with van der Waals surface area (Å²) in [6.45, 7) is 4.36. The van der Waals surface area contributed by atoms with Crippen LogP contribution in [0.2, 0.25) is 0 Å². The van der Waals surface area contributed by atoms with Gasteiger partial charge in [-0.25, -0.2) is 0 Å². The summed E-state index contributed by atoms with van der Waals surface area (Å²) in [6.07, 6.45) is 5.33. The van der Waals surface area contributed by atoms with E-state index < -0.39 is 0 Å². The van der Waals surface area contributed by atoms with Gasteiger partial charge in [0, 0.05) is 32.3 Å². The van der Waals surface area contributed by atoms with Crippen molar-refractivity contribution in [3.05, 3.63) is 91.7 Å². The molecule has 2 aromatic rings. The Morgan fingerprint density at radius 1 is 0.833 bits per heavy atom. The molecule has 0 atom stereocenters. The minimum atomic E-state index is 0.0603. The van der Waals surface area contributed by atoms with Gasteiger partial charge in [-0.1, -0.05) is 72.6 Å². The first-order valence-corrected chi connectivity index (χ1v) is 9.76. The van der Waals surface area contributed by atoms with Crippen LogP contribution in [-0.2, 0) is 4.79 Å². The smallest absolute Gasteiger partial charge is 0.185 e. The molecule has 1 saturated carbocycles. The zero-order chi connectivity index (χ0) is 21.5. The first-order valence-electron chi connectivity index (χ1n) is 9.76. The number of Topliss-reactive ketones (excluding diaryl/α,β-unsaturated/α-hetero) is 1. The zero-order valence-corrected chi connectivity index (χ0v) is 16.9. The summed E-state index contributed by atoms with van der Waals surface area (Å²) in [4.78, 5) is 18.7. The maximum atomic E-state index is 13.2. The fourth-order valence-electron chi connectivity index (χ4n) is 3.53. The minimum Gasteiger partial charge on any atom is -0.289 e. The lowest BCUT2D eigenvalue weighted by Crippen LogP contribution is -2.23. The highest BCUT2D eigenvalue weighted by molar-refractivity contribution is 6.14. The summed E-state index contributed by atoms with van der Waals surface area (Å²) < 4.78 is 0. The van der Waals surface area contributed by atoms with Gasteiger partial charge < -0.3 is 0 Å². The number of carbonyl (C=O) groups excluding carboxylic acids is 1. The van der Waals surface area contributed by atoms with Crippen LogP contribution in [0.25, 0.3) is 33.0 Å². The highest BCUT2D eigenvalue weighted by atomic mass is 16.1. The van der Waals surface area contributed by atoms with Crippen molar-refractivity contribution in [2.45, 2.75) is 26.7 Å². The Labute approximate surface area is 175 Å². The first-order chi connectivity index (χ1) is 14.5. The summed E-state index contributed by atoms with van der Waals surface area (Å²) in [5.41, 5.74) is 21.5. The molecule has 0 saturated heterocycles. The van der Waals surface area contributed by atoms with Gasteiger partial charge in [0.2, 0.25) is 0 Å². The molecular weight excluding hydrogens is 376 g/mol. The molecule has 1 fully saturated rings. The van der Waals surface area contributed by atoms with E-state index in [-0.39, 0.29) is 5.78 Å². The largest absolute Gasteiger partial charge is 0.289 e. The van der Waals surface area contributed by atoms with Crippen molar-refractivity contribution >= 4 is 29.3 Å². The molecule has 30 heavy (non-hydrogen) atoms. The maximum absolute atomic E-state index is 13.2. The lowest BCUT2D eigenvalue weighted by atomic mass is 9.75. The van der Waals surface area contributed by atoms with Gasteiger partial charge in [0.1, 0.15) is 0 Å². The third kappa shape index (κ3) is 5.17. The summed E-state index contributed by atoms with van der Waals surface area (Å²) in [5.74, 6) is 0.889. The number of nitrogens with zero attached hydrogens (tertiary/aromatic N) is 6. The number of azide groups is 2. The van der Waals surface area contributed by atoms with Crippen molar-refractivity contribution in [3.8, 4) is 0 Å². The number of hydrogen-bond donors (Lipinski definition) is 0. The van der Waals surface area contributed by atoms with Crippen molar-refractivity contribution in [2.24, 2.45) is 22.1 Å². The highest BCUT2D eigenvalue weighted by Crippen LogP contribution is 2.36. The van der Waals surface area contributed by atoms with E-state index in [9.17, 15) is 4.79 Å². The van der Waals surface area contributed by atoms with Crippen LogP contribution < -0.4 is 0 Å². The summed E-state index contributed by atoms with van der Waals surface area (Å²) >= 11 is 0. The first kappa shape index (κ1) is 20.9. The molecule has 0 amide bonds. The van der Waals surface area contributed by atoms with Gasteiger partial charge in [-0.3, -0.25) is 4.79 Å². The second kappa shape index (κ2) is 9.61. The SMILES string of the molecule is CC(C)C1C/C(=C\c2ccc(N=[N+]=[N-])cc2)C(=O)/C(=C/c2ccc(N=[N+]=[N-])cc2)C1. The molecule has 2 aromatic carbocycles. The number of rotatable bonds is 5. The Bertz CT molecular complexity index is 1000. The van der Waals surface area contributed by atoms with Crippen LogP contribution in [0, 0.1) is 11.8 Å². The molecule has 1 aliphatic carbocycles. The number of allylic oxidation sites excluding steroid dienone is 2. The van der Waals surface area contributed by atoms with E-state index in [0.29, 0.717) is 23.2 Å². The monoisotopic (exact) mass is 398 g/mol. The van der Waals surface area contributed by atoms with Crippen LogP contribution in [0.5, 0.6) is 0 Å². The van der Waals surface area contributed by atoms with Gasteiger partial charge in [0.25, 0.3) is 0 Å². The van der Waals surface area contributed by atoms with Crippen LogP contribution in [0.3, 0.4) is 0 Å². The van der Waals surface area contributed by atoms with Gasteiger partial charge in [0.15, 0.2) is 5.78 Å². The van der Waals surface area contributed by atoms with Crippen molar-refractivity contribution in [3.63, 3.8) is 0 Å². The summed E-state index contributed by atoms with van der Waals surface area (Å²) in [6, 6.07) is 14.3. The third-order valence-corrected chi connectivity index (χ3v) is 5.28. The number of ketones is 1. The van der Waals surface area contributed by atoms with Crippen molar-refractivity contribution < 1.29 is 4.79 Å². The van der Waals surface area contributed by atoms with E-state index in [0.717, 1.165) is 35.1 Å². The van der Waals surface area contributed by atoms with Crippen molar-refractivity contribution in [1.82, 2.24) is 0 Å². The van der Waals surface area contributed by atoms with E-state index in [1.807, 2.05) is 36.4 Å². The van der Waals surface area contributed by atoms with Gasteiger partial charge >= 0.3 is 0 Å². The van der Waals surface area contributed by atoms with E-state index in [2.05, 4.69) is 33.9 Å². The van der Waals surface area contributed by atoms with E-state index in [4.69, 9.17) is 11.1 Å². The average molecular weight is 398 g/mol.